The maximum absolute atomic E-state index is 13.1. The number of rotatable bonds is 4. The Morgan fingerprint density at radius 2 is 1.65 bits per heavy atom. The highest BCUT2D eigenvalue weighted by Gasteiger charge is 2.30. The molecule has 2 aliphatic heterocycles. The summed E-state index contributed by atoms with van der Waals surface area (Å²) in [5.74, 6) is 0.991. The molecule has 2 fully saturated rings. The topological polar surface area (TPSA) is 94.6 Å². The summed E-state index contributed by atoms with van der Waals surface area (Å²) < 4.78 is 1.04. The lowest BCUT2D eigenvalue weighted by atomic mass is 9.98. The molecule has 0 bridgehead atoms. The smallest absolute Gasteiger partial charge is 0.320 e. The van der Waals surface area contributed by atoms with Crippen molar-refractivity contribution in [1.29, 1.82) is 0 Å². The van der Waals surface area contributed by atoms with Crippen LogP contribution in [0.4, 0.5) is 15.7 Å². The van der Waals surface area contributed by atoms with E-state index in [0.717, 1.165) is 47.0 Å². The largest absolute Gasteiger partial charge is 0.353 e. The van der Waals surface area contributed by atoms with Gasteiger partial charge in [0.05, 0.1) is 15.2 Å². The summed E-state index contributed by atoms with van der Waals surface area (Å²) >= 11 is 2.98. The monoisotopic (exact) mass is 533 g/mol. The van der Waals surface area contributed by atoms with E-state index in [4.69, 9.17) is 0 Å². The van der Waals surface area contributed by atoms with Crippen LogP contribution in [0.15, 0.2) is 54.0 Å². The van der Waals surface area contributed by atoms with Crippen molar-refractivity contribution >= 4 is 55.8 Å². The van der Waals surface area contributed by atoms with E-state index in [1.165, 1.54) is 22.7 Å². The summed E-state index contributed by atoms with van der Waals surface area (Å²) in [5, 5.41) is 6.24. The molecule has 2 saturated heterocycles. The lowest BCUT2D eigenvalue weighted by Crippen LogP contribution is -2.54. The number of aromatic nitrogens is 3. The van der Waals surface area contributed by atoms with Crippen LogP contribution in [0, 0.1) is 0 Å². The molecule has 0 saturated carbocycles. The Kier molecular flexibility index (Phi) is 6.71. The molecule has 0 unspecified atom stereocenters. The first-order valence-corrected chi connectivity index (χ1v) is 14.2. The first kappa shape index (κ1) is 23.8. The molecule has 0 spiro atoms. The zero-order valence-corrected chi connectivity index (χ0v) is 21.9. The minimum atomic E-state index is -0.237. The first-order valence-electron chi connectivity index (χ1n) is 12.5. The number of anilines is 2. The summed E-state index contributed by atoms with van der Waals surface area (Å²) in [6.07, 6.45) is 3.51. The zero-order chi connectivity index (χ0) is 25.2. The summed E-state index contributed by atoms with van der Waals surface area (Å²) in [5.41, 5.74) is 1.29. The third kappa shape index (κ3) is 5.14. The quantitative estimate of drug-likeness (QED) is 0.415. The Morgan fingerprint density at radius 1 is 0.892 bits per heavy atom. The number of thiazole rings is 2. The van der Waals surface area contributed by atoms with Gasteiger partial charge in [0.25, 0.3) is 5.91 Å². The lowest BCUT2D eigenvalue weighted by Gasteiger charge is -2.39. The Morgan fingerprint density at radius 3 is 2.41 bits per heavy atom. The van der Waals surface area contributed by atoms with Crippen LogP contribution in [0.3, 0.4) is 0 Å². The molecule has 6 rings (SSSR count). The van der Waals surface area contributed by atoms with Gasteiger partial charge in [-0.25, -0.2) is 19.7 Å². The van der Waals surface area contributed by atoms with Gasteiger partial charge in [-0.2, -0.15) is 0 Å². The fraction of sp³-hybridized carbons (Fsp3) is 0.346. The van der Waals surface area contributed by atoms with Crippen LogP contribution in [-0.4, -0.2) is 76.0 Å². The third-order valence-corrected chi connectivity index (χ3v) is 8.87. The molecule has 9 nitrogen and oxygen atoms in total. The standard InChI is InChI=1S/C26H27N7O2S2/c34-23(30-25-29-19-5-1-2-6-21(19)37-25)20-17-36-24(28-20)18-8-11-32(12-9-18)26(35)33-15-13-31(14-16-33)22-7-3-4-10-27-22/h1-7,10,17-18H,8-9,11-16H2,(H,29,30,34). The Balaban J connectivity index is 1.00. The molecule has 3 aromatic heterocycles. The number of piperazine rings is 1. The van der Waals surface area contributed by atoms with E-state index < -0.39 is 0 Å². The average molecular weight is 534 g/mol. The van der Waals surface area contributed by atoms with Crippen molar-refractivity contribution in [2.24, 2.45) is 0 Å². The molecule has 11 heteroatoms. The first-order chi connectivity index (χ1) is 18.1. The Bertz CT molecular complexity index is 1360. The van der Waals surface area contributed by atoms with Crippen LogP contribution in [0.2, 0.25) is 0 Å². The van der Waals surface area contributed by atoms with Crippen LogP contribution in [0.5, 0.6) is 0 Å². The van der Waals surface area contributed by atoms with Crippen LogP contribution >= 0.6 is 22.7 Å². The molecule has 0 atom stereocenters. The summed E-state index contributed by atoms with van der Waals surface area (Å²) in [6, 6.07) is 13.9. The van der Waals surface area contributed by atoms with Gasteiger partial charge in [0.2, 0.25) is 0 Å². The second-order valence-electron chi connectivity index (χ2n) is 9.22. The molecule has 0 aliphatic carbocycles. The summed E-state index contributed by atoms with van der Waals surface area (Å²) in [6.45, 7) is 4.40. The van der Waals surface area contributed by atoms with Crippen molar-refractivity contribution in [3.8, 4) is 0 Å². The highest BCUT2D eigenvalue weighted by atomic mass is 32.1. The predicted molar refractivity (Wildman–Crippen MR) is 147 cm³/mol. The van der Waals surface area contributed by atoms with Crippen molar-refractivity contribution in [3.63, 3.8) is 0 Å². The fourth-order valence-electron chi connectivity index (χ4n) is 4.85. The average Bonchev–Trinajstić information content (AvgIpc) is 3.61. The number of pyridine rings is 1. The van der Waals surface area contributed by atoms with Crippen molar-refractivity contribution in [2.45, 2.75) is 18.8 Å². The van der Waals surface area contributed by atoms with Gasteiger partial charge in [-0.3, -0.25) is 10.1 Å². The Labute approximate surface area is 222 Å². The van der Waals surface area contributed by atoms with E-state index >= 15 is 0 Å². The van der Waals surface area contributed by atoms with Gasteiger partial charge in [-0.15, -0.1) is 11.3 Å². The normalized spacial score (nSPS) is 16.8. The Hall–Kier alpha value is -3.57. The van der Waals surface area contributed by atoms with E-state index in [1.807, 2.05) is 57.6 Å². The van der Waals surface area contributed by atoms with Gasteiger partial charge < -0.3 is 14.7 Å². The zero-order valence-electron chi connectivity index (χ0n) is 20.2. The number of para-hydroxylation sites is 1. The number of nitrogens with one attached hydrogen (secondary N) is 1. The van der Waals surface area contributed by atoms with Gasteiger partial charge in [-0.05, 0) is 37.1 Å². The molecule has 0 radical (unpaired) electrons. The number of likely N-dealkylation sites (tertiary alicyclic amines) is 1. The lowest BCUT2D eigenvalue weighted by molar-refractivity contribution is 0.102. The number of carbonyl (C=O) groups is 2. The van der Waals surface area contributed by atoms with E-state index in [1.54, 1.807) is 6.20 Å². The van der Waals surface area contributed by atoms with E-state index in [9.17, 15) is 9.59 Å². The van der Waals surface area contributed by atoms with E-state index in [-0.39, 0.29) is 17.9 Å². The number of fused-ring (bicyclic) bond motifs is 1. The van der Waals surface area contributed by atoms with E-state index in [0.29, 0.717) is 37.0 Å². The SMILES string of the molecule is O=C(Nc1nc2ccccc2s1)c1csc(C2CCN(C(=O)N3CCN(c4ccccn4)CC3)CC2)n1. The number of nitrogens with zero attached hydrogens (tertiary/aromatic N) is 6. The van der Waals surface area contributed by atoms with E-state index in [2.05, 4.69) is 25.2 Å². The fourth-order valence-corrected chi connectivity index (χ4v) is 6.68. The highest BCUT2D eigenvalue weighted by molar-refractivity contribution is 7.22. The minimum absolute atomic E-state index is 0.120. The highest BCUT2D eigenvalue weighted by Crippen LogP contribution is 2.31. The molecule has 5 heterocycles. The number of hydrogen-bond acceptors (Lipinski definition) is 8. The number of hydrogen-bond donors (Lipinski definition) is 1. The van der Waals surface area contributed by atoms with Crippen molar-refractivity contribution < 1.29 is 9.59 Å². The van der Waals surface area contributed by atoms with Gasteiger partial charge in [0.15, 0.2) is 5.13 Å². The molecule has 2 aliphatic rings. The van der Waals surface area contributed by atoms with Crippen LogP contribution in [0.25, 0.3) is 10.2 Å². The second-order valence-corrected chi connectivity index (χ2v) is 11.1. The number of carbonyl (C=O) groups excluding carboxylic acids is 2. The number of urea groups is 1. The van der Waals surface area contributed by atoms with Crippen LogP contribution < -0.4 is 10.2 Å². The summed E-state index contributed by atoms with van der Waals surface area (Å²) in [4.78, 5) is 45.5. The number of amides is 3. The number of piperidine rings is 1. The van der Waals surface area contributed by atoms with Crippen molar-refractivity contribution in [1.82, 2.24) is 24.8 Å². The third-order valence-electron chi connectivity index (χ3n) is 6.91. The van der Waals surface area contributed by atoms with Crippen molar-refractivity contribution in [2.75, 3.05) is 49.5 Å². The molecule has 3 amide bonds. The minimum Gasteiger partial charge on any atom is -0.353 e. The summed E-state index contributed by atoms with van der Waals surface area (Å²) in [7, 11) is 0. The molecular weight excluding hydrogens is 506 g/mol. The van der Waals surface area contributed by atoms with Gasteiger partial charge in [0, 0.05) is 56.8 Å². The number of benzene rings is 1. The molecular formula is C26H27N7O2S2. The van der Waals surface area contributed by atoms with Gasteiger partial charge in [-0.1, -0.05) is 29.5 Å². The maximum atomic E-state index is 13.1. The van der Waals surface area contributed by atoms with Crippen LogP contribution in [0.1, 0.15) is 34.3 Å². The van der Waals surface area contributed by atoms with Crippen LogP contribution in [-0.2, 0) is 0 Å². The van der Waals surface area contributed by atoms with Gasteiger partial charge in [0.1, 0.15) is 11.5 Å². The molecule has 37 heavy (non-hydrogen) atoms. The maximum Gasteiger partial charge on any atom is 0.320 e. The van der Waals surface area contributed by atoms with Crippen molar-refractivity contribution in [3.05, 3.63) is 64.7 Å². The molecule has 4 aromatic rings. The second kappa shape index (κ2) is 10.4. The van der Waals surface area contributed by atoms with Gasteiger partial charge >= 0.3 is 6.03 Å². The molecule has 1 aromatic carbocycles. The molecule has 1 N–H and O–H groups in total. The predicted octanol–water partition coefficient (Wildman–Crippen LogP) is 4.52. The molecule has 190 valence electrons.